The van der Waals surface area contributed by atoms with Crippen LogP contribution in [0.4, 0.5) is 18.9 Å². The van der Waals surface area contributed by atoms with Crippen LogP contribution in [-0.2, 0) is 13.2 Å². The molecule has 1 aromatic heterocycles. The lowest BCUT2D eigenvalue weighted by atomic mass is 9.59. The van der Waals surface area contributed by atoms with Crippen LogP contribution in [0.5, 0.6) is 0 Å². The molecule has 2 aliphatic rings. The molecular weight excluding hydrogens is 414 g/mol. The van der Waals surface area contributed by atoms with Gasteiger partial charge < -0.3 is 5.32 Å². The van der Waals surface area contributed by atoms with Crippen LogP contribution >= 0.6 is 23.2 Å². The summed E-state index contributed by atoms with van der Waals surface area (Å²) in [4.78, 5) is 12.6. The van der Waals surface area contributed by atoms with Crippen molar-refractivity contribution < 1.29 is 18.0 Å². The molecule has 1 heterocycles. The largest absolute Gasteiger partial charge is 0.435 e. The van der Waals surface area contributed by atoms with Crippen LogP contribution in [0.25, 0.3) is 0 Å². The van der Waals surface area contributed by atoms with Crippen LogP contribution in [0.15, 0.2) is 34.5 Å². The smallest absolute Gasteiger partial charge is 0.322 e. The van der Waals surface area contributed by atoms with Gasteiger partial charge in [0, 0.05) is 24.8 Å². The fraction of sp³-hybridized carbons (Fsp3) is 0.368. The molecule has 4 rings (SSSR count). The molecule has 1 amide bonds. The third-order valence-electron chi connectivity index (χ3n) is 5.42. The van der Waals surface area contributed by atoms with Crippen molar-refractivity contribution in [3.05, 3.63) is 56.8 Å². The van der Waals surface area contributed by atoms with Crippen molar-refractivity contribution in [1.82, 2.24) is 9.78 Å². The van der Waals surface area contributed by atoms with Crippen molar-refractivity contribution in [2.45, 2.75) is 37.3 Å². The maximum atomic E-state index is 13.2. The Labute approximate surface area is 169 Å². The Morgan fingerprint density at radius 2 is 2.07 bits per heavy atom. The molecule has 148 valence electrons. The summed E-state index contributed by atoms with van der Waals surface area (Å²) in [5, 5.41) is 6.04. The quantitative estimate of drug-likeness (QED) is 0.660. The number of benzene rings is 1. The summed E-state index contributed by atoms with van der Waals surface area (Å²) >= 11 is 12.1. The molecular formula is C19H16Cl2F3N3O. The van der Waals surface area contributed by atoms with E-state index >= 15 is 0 Å². The van der Waals surface area contributed by atoms with Gasteiger partial charge in [-0.15, -0.1) is 0 Å². The maximum absolute atomic E-state index is 13.2. The van der Waals surface area contributed by atoms with Crippen molar-refractivity contribution in [1.29, 1.82) is 0 Å². The summed E-state index contributed by atoms with van der Waals surface area (Å²) in [5.41, 5.74) is 1.77. The Bertz CT molecular complexity index is 993. The monoisotopic (exact) mass is 429 g/mol. The van der Waals surface area contributed by atoms with Gasteiger partial charge in [-0.05, 0) is 47.9 Å². The molecule has 2 atom stereocenters. The highest BCUT2D eigenvalue weighted by Gasteiger charge is 2.44. The van der Waals surface area contributed by atoms with E-state index in [0.717, 1.165) is 46.8 Å². The topological polar surface area (TPSA) is 46.9 Å². The van der Waals surface area contributed by atoms with Gasteiger partial charge in [-0.3, -0.25) is 9.48 Å². The lowest BCUT2D eigenvalue weighted by Gasteiger charge is -2.45. The molecule has 0 saturated heterocycles. The third kappa shape index (κ3) is 3.10. The first kappa shape index (κ1) is 19.3. The van der Waals surface area contributed by atoms with Gasteiger partial charge in [-0.1, -0.05) is 35.3 Å². The van der Waals surface area contributed by atoms with Gasteiger partial charge in [0.25, 0.3) is 5.91 Å². The fourth-order valence-electron chi connectivity index (χ4n) is 4.34. The molecule has 1 unspecified atom stereocenters. The second-order valence-corrected chi connectivity index (χ2v) is 8.04. The molecule has 2 aromatic rings. The zero-order valence-electron chi connectivity index (χ0n) is 14.8. The summed E-state index contributed by atoms with van der Waals surface area (Å²) in [6, 6.07) is 5.42. The zero-order valence-corrected chi connectivity index (χ0v) is 16.3. The minimum atomic E-state index is -4.71. The van der Waals surface area contributed by atoms with Crippen molar-refractivity contribution in [3.63, 3.8) is 0 Å². The minimum absolute atomic E-state index is 0.106. The molecule has 0 spiro atoms. The second kappa shape index (κ2) is 6.81. The second-order valence-electron chi connectivity index (χ2n) is 7.09. The summed E-state index contributed by atoms with van der Waals surface area (Å²) in [5.74, 6) is -0.576. The SMILES string of the molecule is Cn1cc(C(=O)Nc2cccc3c2C2CCCC(=C(Cl)Cl)[C@@H]32)c(C(F)(F)F)n1. The molecule has 0 radical (unpaired) electrons. The van der Waals surface area contributed by atoms with Gasteiger partial charge in [0.15, 0.2) is 5.69 Å². The number of carbonyl (C=O) groups excluding carboxylic acids is 1. The highest BCUT2D eigenvalue weighted by atomic mass is 35.5. The van der Waals surface area contributed by atoms with Crippen molar-refractivity contribution in [3.8, 4) is 0 Å². The van der Waals surface area contributed by atoms with Gasteiger partial charge in [-0.2, -0.15) is 18.3 Å². The van der Waals surface area contributed by atoms with Crippen molar-refractivity contribution >= 4 is 34.8 Å². The minimum Gasteiger partial charge on any atom is -0.322 e. The number of nitrogens with one attached hydrogen (secondary N) is 1. The van der Waals surface area contributed by atoms with Crippen LogP contribution < -0.4 is 5.32 Å². The van der Waals surface area contributed by atoms with E-state index in [9.17, 15) is 18.0 Å². The Morgan fingerprint density at radius 1 is 1.32 bits per heavy atom. The van der Waals surface area contributed by atoms with Gasteiger partial charge in [-0.25, -0.2) is 0 Å². The van der Waals surface area contributed by atoms with Crippen molar-refractivity contribution in [2.24, 2.45) is 7.05 Å². The number of anilines is 1. The number of aryl methyl sites for hydroxylation is 1. The van der Waals surface area contributed by atoms with E-state index in [1.165, 1.54) is 7.05 Å². The number of fused-ring (bicyclic) bond motifs is 4. The molecule has 2 aliphatic carbocycles. The van der Waals surface area contributed by atoms with E-state index in [-0.39, 0.29) is 16.3 Å². The summed E-state index contributed by atoms with van der Waals surface area (Å²) in [6.45, 7) is 0. The van der Waals surface area contributed by atoms with E-state index in [1.54, 1.807) is 12.1 Å². The van der Waals surface area contributed by atoms with E-state index in [1.807, 2.05) is 6.07 Å². The Balaban J connectivity index is 1.67. The molecule has 9 heteroatoms. The van der Waals surface area contributed by atoms with Gasteiger partial charge >= 0.3 is 6.18 Å². The van der Waals surface area contributed by atoms with E-state index < -0.39 is 23.3 Å². The van der Waals surface area contributed by atoms with E-state index in [2.05, 4.69) is 10.4 Å². The molecule has 1 saturated carbocycles. The van der Waals surface area contributed by atoms with Crippen LogP contribution in [-0.4, -0.2) is 15.7 Å². The van der Waals surface area contributed by atoms with E-state index in [0.29, 0.717) is 5.69 Å². The van der Waals surface area contributed by atoms with Crippen LogP contribution in [0, 0.1) is 0 Å². The maximum Gasteiger partial charge on any atom is 0.435 e. The van der Waals surface area contributed by atoms with Gasteiger partial charge in [0.1, 0.15) is 4.49 Å². The lowest BCUT2D eigenvalue weighted by molar-refractivity contribution is -0.141. The fourth-order valence-corrected chi connectivity index (χ4v) is 4.76. The van der Waals surface area contributed by atoms with Gasteiger partial charge in [0.05, 0.1) is 5.56 Å². The highest BCUT2D eigenvalue weighted by Crippen LogP contribution is 2.60. The Morgan fingerprint density at radius 3 is 2.75 bits per heavy atom. The molecule has 4 nitrogen and oxygen atoms in total. The number of hydrogen-bond acceptors (Lipinski definition) is 2. The first-order valence-electron chi connectivity index (χ1n) is 8.77. The number of rotatable bonds is 2. The highest BCUT2D eigenvalue weighted by molar-refractivity contribution is 6.56. The summed E-state index contributed by atoms with van der Waals surface area (Å²) in [6.07, 6.45) is -0.978. The number of aromatic nitrogens is 2. The zero-order chi connectivity index (χ0) is 20.2. The molecule has 1 fully saturated rings. The number of nitrogens with zero attached hydrogens (tertiary/aromatic N) is 2. The average Bonchev–Trinajstić information content (AvgIpc) is 3.01. The molecule has 28 heavy (non-hydrogen) atoms. The number of alkyl halides is 3. The normalized spacial score (nSPS) is 20.9. The lowest BCUT2D eigenvalue weighted by Crippen LogP contribution is -2.31. The van der Waals surface area contributed by atoms with Crippen LogP contribution in [0.1, 0.15) is 58.3 Å². The Hall–Kier alpha value is -1.99. The molecule has 0 aliphatic heterocycles. The summed E-state index contributed by atoms with van der Waals surface area (Å²) in [7, 11) is 1.34. The standard InChI is InChI=1S/C19H16Cl2F3N3O/c1-27-8-12(16(26-27)19(22,23)24)18(28)25-13-7-3-5-10-14-9(15(10)13)4-2-6-11(14)17(20)21/h3,5,7-9,14H,2,4,6H2,1H3,(H,25,28)/t9?,14-/m1/s1. The number of halogens is 5. The number of hydrogen-bond donors (Lipinski definition) is 1. The molecule has 1 N–H and O–H groups in total. The molecule has 0 bridgehead atoms. The van der Waals surface area contributed by atoms with Crippen LogP contribution in [0.2, 0.25) is 0 Å². The van der Waals surface area contributed by atoms with Gasteiger partial charge in [0.2, 0.25) is 0 Å². The summed E-state index contributed by atoms with van der Waals surface area (Å²) < 4.78 is 40.8. The predicted octanol–water partition coefficient (Wildman–Crippen LogP) is 5.75. The predicted molar refractivity (Wildman–Crippen MR) is 101 cm³/mol. The number of allylic oxidation sites excluding steroid dienone is 1. The first-order chi connectivity index (χ1) is 13.2. The van der Waals surface area contributed by atoms with Crippen molar-refractivity contribution in [2.75, 3.05) is 5.32 Å². The molecule has 1 aromatic carbocycles. The Kier molecular flexibility index (Phi) is 4.70. The van der Waals surface area contributed by atoms with Crippen LogP contribution in [0.3, 0.4) is 0 Å². The first-order valence-corrected chi connectivity index (χ1v) is 9.53. The average molecular weight is 430 g/mol. The number of carbonyl (C=O) groups is 1. The third-order valence-corrected chi connectivity index (χ3v) is 5.90. The van der Waals surface area contributed by atoms with E-state index in [4.69, 9.17) is 23.2 Å². The number of amides is 1.